The van der Waals surface area contributed by atoms with E-state index in [9.17, 15) is 15.0 Å². The van der Waals surface area contributed by atoms with E-state index in [-0.39, 0.29) is 63.4 Å². The summed E-state index contributed by atoms with van der Waals surface area (Å²) in [6, 6.07) is 0.184. The molecule has 8 heteroatoms. The lowest BCUT2D eigenvalue weighted by molar-refractivity contribution is -0.215. The molecule has 13 atom stereocenters. The van der Waals surface area contributed by atoms with Gasteiger partial charge in [0, 0.05) is 30.5 Å². The number of carbonyl (C=O) groups is 1. The van der Waals surface area contributed by atoms with Crippen molar-refractivity contribution >= 4 is 6.09 Å². The lowest BCUT2D eigenvalue weighted by Gasteiger charge is -2.63. The summed E-state index contributed by atoms with van der Waals surface area (Å²) in [6.45, 7) is 19.7. The van der Waals surface area contributed by atoms with Gasteiger partial charge in [-0.3, -0.25) is 0 Å². The molecule has 0 unspecified atom stereocenters. The van der Waals surface area contributed by atoms with Crippen molar-refractivity contribution in [1.29, 1.82) is 0 Å². The number of aliphatic hydroxyl groups excluding tert-OH is 1. The molecule has 7 rings (SSSR count). The third-order valence-corrected chi connectivity index (χ3v) is 15.5. The van der Waals surface area contributed by atoms with Gasteiger partial charge in [0.1, 0.15) is 12.2 Å². The number of carbonyl (C=O) groups excluding carboxylic acids is 1. The van der Waals surface area contributed by atoms with Crippen LogP contribution in [0.2, 0.25) is 0 Å². The van der Waals surface area contributed by atoms with Gasteiger partial charge in [0.25, 0.3) is 0 Å². The Morgan fingerprint density at radius 2 is 1.75 bits per heavy atom. The lowest BCUT2D eigenvalue weighted by Crippen LogP contribution is -2.60. The van der Waals surface area contributed by atoms with Gasteiger partial charge in [-0.25, -0.2) is 4.79 Å². The largest absolute Gasteiger partial charge is 0.446 e. The van der Waals surface area contributed by atoms with E-state index in [1.807, 2.05) is 20.8 Å². The van der Waals surface area contributed by atoms with Gasteiger partial charge >= 0.3 is 6.09 Å². The van der Waals surface area contributed by atoms with Crippen molar-refractivity contribution in [3.8, 4) is 0 Å². The Balaban J connectivity index is 1.14. The van der Waals surface area contributed by atoms with Crippen molar-refractivity contribution in [2.45, 2.75) is 149 Å². The third kappa shape index (κ3) is 4.02. The highest BCUT2D eigenvalue weighted by Crippen LogP contribution is 2.89. The maximum Gasteiger partial charge on any atom is 0.407 e. The van der Waals surface area contributed by atoms with Crippen molar-refractivity contribution in [1.82, 2.24) is 10.6 Å². The standard InChI is InChI=1S/C36H60N2O6/c1-9-42-29(32(5,6)41)22-16-20(2)26-27(43-22)28(39)34(8)24-11-10-23-31(3,4)25(44-30(40)38-21-17-37-18-21)12-13-35(23)19-36(24,35)15-14-33(26,34)7/h20-29,37,39,41H,9-19H2,1-8H3,(H,38,40)/t20-,22-,23+,24+,25+,26+,27+,28+,29+,33-,34-,35-,36+/m1/s1. The number of ether oxygens (including phenoxy) is 3. The van der Waals surface area contributed by atoms with Crippen molar-refractivity contribution < 1.29 is 29.2 Å². The number of fused-ring (bicyclic) bond motifs is 4. The summed E-state index contributed by atoms with van der Waals surface area (Å²) in [5, 5.41) is 29.8. The minimum Gasteiger partial charge on any atom is -0.446 e. The van der Waals surface area contributed by atoms with Crippen LogP contribution in [-0.4, -0.2) is 78.2 Å². The van der Waals surface area contributed by atoms with Crippen LogP contribution in [0.15, 0.2) is 0 Å². The van der Waals surface area contributed by atoms with E-state index >= 15 is 0 Å². The Kier molecular flexibility index (Phi) is 7.22. The van der Waals surface area contributed by atoms with E-state index in [1.54, 1.807) is 0 Å². The minimum absolute atomic E-state index is 0.00581. The predicted octanol–water partition coefficient (Wildman–Crippen LogP) is 5.04. The van der Waals surface area contributed by atoms with Crippen LogP contribution in [0.1, 0.15) is 107 Å². The highest BCUT2D eigenvalue weighted by atomic mass is 16.6. The van der Waals surface area contributed by atoms with Gasteiger partial charge in [-0.2, -0.15) is 0 Å². The van der Waals surface area contributed by atoms with Gasteiger partial charge in [0.2, 0.25) is 0 Å². The molecule has 0 aromatic carbocycles. The Morgan fingerprint density at radius 1 is 1.07 bits per heavy atom. The first-order valence-corrected chi connectivity index (χ1v) is 17.9. The molecule has 1 amide bonds. The number of rotatable bonds is 6. The zero-order chi connectivity index (χ0) is 31.7. The first kappa shape index (κ1) is 31.7. The number of aliphatic hydroxyl groups is 2. The van der Waals surface area contributed by atoms with Crippen LogP contribution >= 0.6 is 0 Å². The molecule has 2 aliphatic heterocycles. The van der Waals surface area contributed by atoms with Gasteiger partial charge in [-0.1, -0.05) is 34.6 Å². The molecular formula is C36H60N2O6. The topological polar surface area (TPSA) is 109 Å². The van der Waals surface area contributed by atoms with Crippen molar-refractivity contribution in [2.24, 2.45) is 50.7 Å². The summed E-state index contributed by atoms with van der Waals surface area (Å²) in [7, 11) is 0. The fraction of sp³-hybridized carbons (Fsp3) is 0.972. The van der Waals surface area contributed by atoms with Crippen LogP contribution in [0.4, 0.5) is 4.79 Å². The van der Waals surface area contributed by atoms with E-state index in [4.69, 9.17) is 14.2 Å². The van der Waals surface area contributed by atoms with Crippen molar-refractivity contribution in [3.63, 3.8) is 0 Å². The van der Waals surface area contributed by atoms with Gasteiger partial charge in [0.05, 0.1) is 30.0 Å². The maximum atomic E-state index is 12.8. The van der Waals surface area contributed by atoms with Crippen LogP contribution in [0, 0.1) is 50.7 Å². The minimum atomic E-state index is -1.02. The van der Waals surface area contributed by atoms with Crippen molar-refractivity contribution in [2.75, 3.05) is 19.7 Å². The predicted molar refractivity (Wildman–Crippen MR) is 168 cm³/mol. The fourth-order valence-corrected chi connectivity index (χ4v) is 13.4. The van der Waals surface area contributed by atoms with E-state index in [0.717, 1.165) is 51.6 Å². The molecule has 4 N–H and O–H groups in total. The Bertz CT molecular complexity index is 1150. The molecule has 2 saturated heterocycles. The van der Waals surface area contributed by atoms with Gasteiger partial charge in [0.15, 0.2) is 0 Å². The number of hydrogen-bond donors (Lipinski definition) is 4. The van der Waals surface area contributed by atoms with E-state index in [1.165, 1.54) is 12.8 Å². The summed E-state index contributed by atoms with van der Waals surface area (Å²) in [6.07, 6.45) is 6.98. The van der Waals surface area contributed by atoms with Gasteiger partial charge in [-0.05, 0) is 112 Å². The van der Waals surface area contributed by atoms with Crippen molar-refractivity contribution in [3.05, 3.63) is 0 Å². The average Bonchev–Trinajstić information content (AvgIpc) is 3.55. The Labute approximate surface area is 265 Å². The fourth-order valence-electron chi connectivity index (χ4n) is 13.4. The average molecular weight is 617 g/mol. The number of alkyl carbamates (subject to hydrolysis) is 1. The second-order valence-electron chi connectivity index (χ2n) is 18.0. The molecule has 7 aliphatic rings. The normalized spacial score (nSPS) is 51.4. The monoisotopic (exact) mass is 616 g/mol. The summed E-state index contributed by atoms with van der Waals surface area (Å²) in [4.78, 5) is 12.8. The number of hydrogen-bond acceptors (Lipinski definition) is 7. The lowest BCUT2D eigenvalue weighted by atomic mass is 9.41. The molecule has 250 valence electrons. The highest BCUT2D eigenvalue weighted by Gasteiger charge is 2.84. The molecule has 44 heavy (non-hydrogen) atoms. The zero-order valence-electron chi connectivity index (χ0n) is 28.6. The van der Waals surface area contributed by atoms with Crippen LogP contribution in [0.5, 0.6) is 0 Å². The summed E-state index contributed by atoms with van der Waals surface area (Å²) in [5.74, 6) is 1.64. The molecule has 8 nitrogen and oxygen atoms in total. The third-order valence-electron chi connectivity index (χ3n) is 15.5. The van der Waals surface area contributed by atoms with Gasteiger partial charge in [-0.15, -0.1) is 0 Å². The molecule has 5 aliphatic carbocycles. The second-order valence-corrected chi connectivity index (χ2v) is 18.0. The smallest absolute Gasteiger partial charge is 0.407 e. The van der Waals surface area contributed by atoms with Crippen LogP contribution < -0.4 is 10.6 Å². The summed E-state index contributed by atoms with van der Waals surface area (Å²) in [5.41, 5.74) is -0.811. The summed E-state index contributed by atoms with van der Waals surface area (Å²) < 4.78 is 19.2. The zero-order valence-corrected chi connectivity index (χ0v) is 28.6. The van der Waals surface area contributed by atoms with E-state index in [0.29, 0.717) is 24.4 Å². The van der Waals surface area contributed by atoms with E-state index < -0.39 is 17.8 Å². The SMILES string of the molecule is CCO[C@@H]([C@H]1C[C@@H](C)[C@H]2[C@H](O1)[C@H](O)[C@@]1(C)[C@@H]3CC[C@H]4C(C)(C)[C@@H](OC(=O)NC5CNC5)CC[C@@]45C[C@@]35CC[C@]21C)C(C)(C)O. The molecule has 0 bridgehead atoms. The Hall–Kier alpha value is -0.930. The van der Waals surface area contributed by atoms with Crippen LogP contribution in [0.25, 0.3) is 0 Å². The quantitative estimate of drug-likeness (QED) is 0.331. The number of amides is 1. The molecule has 2 heterocycles. The molecule has 2 spiro atoms. The summed E-state index contributed by atoms with van der Waals surface area (Å²) >= 11 is 0. The Morgan fingerprint density at radius 3 is 2.39 bits per heavy atom. The molecule has 7 fully saturated rings. The molecule has 0 aromatic rings. The van der Waals surface area contributed by atoms with Crippen LogP contribution in [0.3, 0.4) is 0 Å². The van der Waals surface area contributed by atoms with E-state index in [2.05, 4.69) is 45.3 Å². The van der Waals surface area contributed by atoms with Gasteiger partial charge < -0.3 is 35.1 Å². The highest BCUT2D eigenvalue weighted by molar-refractivity contribution is 5.68. The second kappa shape index (κ2) is 10.0. The molecular weight excluding hydrogens is 556 g/mol. The van der Waals surface area contributed by atoms with Crippen LogP contribution in [-0.2, 0) is 14.2 Å². The first-order valence-electron chi connectivity index (χ1n) is 17.9. The molecule has 5 saturated carbocycles. The maximum absolute atomic E-state index is 12.8. The first-order chi connectivity index (χ1) is 20.6. The number of nitrogens with one attached hydrogen (secondary N) is 2. The molecule has 0 radical (unpaired) electrons. The molecule has 0 aromatic heterocycles.